The van der Waals surface area contributed by atoms with Crippen molar-refractivity contribution in [2.45, 2.75) is 31.7 Å². The van der Waals surface area contributed by atoms with E-state index in [1.807, 2.05) is 73.0 Å². The molecule has 3 aromatic rings. The molecule has 0 unspecified atom stereocenters. The molecule has 0 aliphatic carbocycles. The number of amides is 2. The average molecular weight is 466 g/mol. The Morgan fingerprint density at radius 1 is 1.12 bits per heavy atom. The molecule has 0 saturated carbocycles. The molecule has 1 fully saturated rings. The van der Waals surface area contributed by atoms with E-state index in [0.29, 0.717) is 31.0 Å². The molecule has 1 saturated heterocycles. The van der Waals surface area contributed by atoms with Crippen LogP contribution in [-0.2, 0) is 16.0 Å². The fourth-order valence-electron chi connectivity index (χ4n) is 3.88. The zero-order valence-corrected chi connectivity index (χ0v) is 19.7. The van der Waals surface area contributed by atoms with Gasteiger partial charge >= 0.3 is 0 Å². The van der Waals surface area contributed by atoms with Crippen LogP contribution in [0.15, 0.2) is 66.0 Å². The second kappa shape index (κ2) is 10.8. The maximum atomic E-state index is 13.2. The summed E-state index contributed by atoms with van der Waals surface area (Å²) in [6.45, 7) is 2.53. The lowest BCUT2D eigenvalue weighted by molar-refractivity contribution is -0.139. The molecule has 1 N–H and O–H groups in total. The van der Waals surface area contributed by atoms with Crippen LogP contribution in [0.2, 0.25) is 0 Å². The summed E-state index contributed by atoms with van der Waals surface area (Å²) in [5.74, 6) is 0.946. The zero-order chi connectivity index (χ0) is 22.3. The Morgan fingerprint density at radius 3 is 2.56 bits per heavy atom. The van der Waals surface area contributed by atoms with Gasteiger partial charge in [0.15, 0.2) is 0 Å². The molecule has 0 bridgehead atoms. The average Bonchev–Trinajstić information content (AvgIpc) is 3.51. The smallest absolute Gasteiger partial charge is 0.243 e. The molecule has 1 aliphatic rings. The number of nitrogens with zero attached hydrogens (tertiary/aromatic N) is 2. The quantitative estimate of drug-likeness (QED) is 0.530. The molecule has 4 rings (SSSR count). The van der Waals surface area contributed by atoms with Crippen LogP contribution >= 0.6 is 23.1 Å². The number of hydrogen-bond donors (Lipinski definition) is 1. The third-order valence-electron chi connectivity index (χ3n) is 5.63. The van der Waals surface area contributed by atoms with Crippen molar-refractivity contribution >= 4 is 34.9 Å². The van der Waals surface area contributed by atoms with Crippen LogP contribution in [0.1, 0.15) is 30.5 Å². The Kier molecular flexibility index (Phi) is 7.60. The summed E-state index contributed by atoms with van der Waals surface area (Å²) in [5.41, 5.74) is 3.08. The summed E-state index contributed by atoms with van der Waals surface area (Å²) >= 11 is 3.25. The van der Waals surface area contributed by atoms with Crippen LogP contribution in [-0.4, -0.2) is 45.9 Å². The van der Waals surface area contributed by atoms with Crippen molar-refractivity contribution in [3.05, 3.63) is 77.3 Å². The minimum atomic E-state index is -0.416. The SMILES string of the molecule is CC[C@@H](C(=O)N1CSC[C@@H]1C(=O)NCCc1csc(-c2ccccc2)n1)c1ccccc1. The van der Waals surface area contributed by atoms with E-state index in [2.05, 4.69) is 10.3 Å². The predicted molar refractivity (Wildman–Crippen MR) is 132 cm³/mol. The highest BCUT2D eigenvalue weighted by Crippen LogP contribution is 2.29. The Bertz CT molecular complexity index is 1040. The van der Waals surface area contributed by atoms with Crippen molar-refractivity contribution in [2.75, 3.05) is 18.2 Å². The fraction of sp³-hybridized carbons (Fsp3) is 0.320. The number of nitrogens with one attached hydrogen (secondary N) is 1. The molecular formula is C25H27N3O2S2. The van der Waals surface area contributed by atoms with E-state index >= 15 is 0 Å². The van der Waals surface area contributed by atoms with Crippen molar-refractivity contribution in [3.8, 4) is 10.6 Å². The van der Waals surface area contributed by atoms with Crippen LogP contribution in [0, 0.1) is 0 Å². The highest BCUT2D eigenvalue weighted by atomic mass is 32.2. The van der Waals surface area contributed by atoms with Gasteiger partial charge in [-0.25, -0.2) is 4.98 Å². The maximum Gasteiger partial charge on any atom is 0.243 e. The molecular weight excluding hydrogens is 438 g/mol. The number of thioether (sulfide) groups is 1. The summed E-state index contributed by atoms with van der Waals surface area (Å²) in [5, 5.41) is 6.05. The first-order valence-electron chi connectivity index (χ1n) is 10.9. The van der Waals surface area contributed by atoms with Gasteiger partial charge in [0.05, 0.1) is 17.5 Å². The van der Waals surface area contributed by atoms with Crippen LogP contribution in [0.4, 0.5) is 0 Å². The minimum absolute atomic E-state index is 0.0378. The summed E-state index contributed by atoms with van der Waals surface area (Å²) < 4.78 is 0. The first kappa shape index (κ1) is 22.6. The summed E-state index contributed by atoms with van der Waals surface area (Å²) in [6, 6.07) is 19.5. The number of rotatable bonds is 8. The number of aromatic nitrogens is 1. The Labute approximate surface area is 197 Å². The van der Waals surface area contributed by atoms with Gasteiger partial charge < -0.3 is 10.2 Å². The van der Waals surface area contributed by atoms with E-state index in [0.717, 1.165) is 21.8 Å². The second-order valence-corrected chi connectivity index (χ2v) is 9.60. The number of hydrogen-bond acceptors (Lipinski definition) is 5. The number of carbonyl (C=O) groups is 2. The summed E-state index contributed by atoms with van der Waals surface area (Å²) in [4.78, 5) is 32.6. The standard InChI is InChI=1S/C25H27N3O2S2/c1-2-21(18-9-5-3-6-10-18)25(30)28-17-31-16-22(28)23(29)26-14-13-20-15-32-24(27-20)19-11-7-4-8-12-19/h3-12,15,21-22H,2,13-14,16-17H2,1H3,(H,26,29)/t21-,22-/m1/s1. The molecule has 166 valence electrons. The molecule has 0 radical (unpaired) electrons. The van der Waals surface area contributed by atoms with E-state index in [1.54, 1.807) is 28.0 Å². The molecule has 0 spiro atoms. The van der Waals surface area contributed by atoms with Crippen molar-refractivity contribution in [2.24, 2.45) is 0 Å². The lowest BCUT2D eigenvalue weighted by atomic mass is 9.94. The lowest BCUT2D eigenvalue weighted by Gasteiger charge is -2.27. The molecule has 2 heterocycles. The van der Waals surface area contributed by atoms with Gasteiger partial charge in [0, 0.05) is 29.7 Å². The third kappa shape index (κ3) is 5.22. The molecule has 2 aromatic carbocycles. The molecule has 2 atom stereocenters. The van der Waals surface area contributed by atoms with Crippen LogP contribution < -0.4 is 5.32 Å². The van der Waals surface area contributed by atoms with Crippen LogP contribution in [0.25, 0.3) is 10.6 Å². The fourth-order valence-corrected chi connectivity index (χ4v) is 5.91. The van der Waals surface area contributed by atoms with Gasteiger partial charge in [-0.3, -0.25) is 9.59 Å². The van der Waals surface area contributed by atoms with Gasteiger partial charge in [0.1, 0.15) is 11.0 Å². The predicted octanol–water partition coefficient (Wildman–Crippen LogP) is 4.56. The van der Waals surface area contributed by atoms with E-state index in [4.69, 9.17) is 0 Å². The van der Waals surface area contributed by atoms with E-state index in [-0.39, 0.29) is 17.7 Å². The van der Waals surface area contributed by atoms with E-state index < -0.39 is 6.04 Å². The highest BCUT2D eigenvalue weighted by Gasteiger charge is 2.37. The monoisotopic (exact) mass is 465 g/mol. The first-order valence-corrected chi connectivity index (χ1v) is 12.9. The minimum Gasteiger partial charge on any atom is -0.354 e. The second-order valence-electron chi connectivity index (χ2n) is 7.75. The maximum absolute atomic E-state index is 13.2. The molecule has 1 aliphatic heterocycles. The van der Waals surface area contributed by atoms with Gasteiger partial charge in [-0.15, -0.1) is 23.1 Å². The molecule has 7 heteroatoms. The third-order valence-corrected chi connectivity index (χ3v) is 7.58. The highest BCUT2D eigenvalue weighted by molar-refractivity contribution is 7.99. The van der Waals surface area contributed by atoms with Crippen molar-refractivity contribution in [1.29, 1.82) is 0 Å². The van der Waals surface area contributed by atoms with E-state index in [9.17, 15) is 9.59 Å². The molecule has 1 aromatic heterocycles. The van der Waals surface area contributed by atoms with Gasteiger partial charge in [-0.05, 0) is 12.0 Å². The van der Waals surface area contributed by atoms with E-state index in [1.165, 1.54) is 0 Å². The first-order chi connectivity index (χ1) is 15.7. The van der Waals surface area contributed by atoms with Crippen molar-refractivity contribution in [1.82, 2.24) is 15.2 Å². The molecule has 32 heavy (non-hydrogen) atoms. The van der Waals surface area contributed by atoms with Crippen molar-refractivity contribution in [3.63, 3.8) is 0 Å². The summed E-state index contributed by atoms with van der Waals surface area (Å²) in [7, 11) is 0. The van der Waals surface area contributed by atoms with Gasteiger partial charge in [0.25, 0.3) is 0 Å². The largest absolute Gasteiger partial charge is 0.354 e. The Morgan fingerprint density at radius 2 is 1.84 bits per heavy atom. The van der Waals surface area contributed by atoms with Gasteiger partial charge in [0.2, 0.25) is 11.8 Å². The number of thiazole rings is 1. The van der Waals surface area contributed by atoms with Gasteiger partial charge in [-0.1, -0.05) is 67.6 Å². The topological polar surface area (TPSA) is 62.3 Å². The Balaban J connectivity index is 1.33. The van der Waals surface area contributed by atoms with Crippen molar-refractivity contribution < 1.29 is 9.59 Å². The number of carbonyl (C=O) groups excluding carboxylic acids is 2. The van der Waals surface area contributed by atoms with Crippen LogP contribution in [0.5, 0.6) is 0 Å². The Hall–Kier alpha value is -2.64. The zero-order valence-electron chi connectivity index (χ0n) is 18.1. The lowest BCUT2D eigenvalue weighted by Crippen LogP contribution is -2.49. The van der Waals surface area contributed by atoms with Crippen LogP contribution in [0.3, 0.4) is 0 Å². The molecule has 2 amide bonds. The molecule has 5 nitrogen and oxygen atoms in total. The van der Waals surface area contributed by atoms with Gasteiger partial charge in [-0.2, -0.15) is 0 Å². The summed E-state index contributed by atoms with van der Waals surface area (Å²) in [6.07, 6.45) is 1.39. The normalized spacial score (nSPS) is 16.7. The number of benzene rings is 2.